The van der Waals surface area contributed by atoms with Crippen LogP contribution < -0.4 is 10.5 Å². The number of aromatic nitrogens is 2. The van der Waals surface area contributed by atoms with Gasteiger partial charge in [-0.15, -0.1) is 0 Å². The average molecular weight is 338 g/mol. The standard InChI is InChI=1S/C15H13F3N4O2/c16-15(17,18)8-24-12-2-1-9(5-21-12)6-22-7-11-10(14(22)23)3-4-20-13(11)19/h1-5H,6-8H2,(H2,19,20). The maximum atomic E-state index is 12.3. The summed E-state index contributed by atoms with van der Waals surface area (Å²) in [5.41, 5.74) is 7.63. The predicted octanol–water partition coefficient (Wildman–Crippen LogP) is 2.16. The quantitative estimate of drug-likeness (QED) is 0.924. The van der Waals surface area contributed by atoms with Crippen LogP contribution in [-0.4, -0.2) is 33.6 Å². The van der Waals surface area contributed by atoms with Crippen molar-refractivity contribution in [3.8, 4) is 5.88 Å². The van der Waals surface area contributed by atoms with Crippen LogP contribution in [-0.2, 0) is 13.1 Å². The van der Waals surface area contributed by atoms with Gasteiger partial charge in [-0.3, -0.25) is 4.79 Å². The van der Waals surface area contributed by atoms with Crippen molar-refractivity contribution < 1.29 is 22.7 Å². The lowest BCUT2D eigenvalue weighted by atomic mass is 10.2. The number of amides is 1. The minimum Gasteiger partial charge on any atom is -0.468 e. The number of halogens is 3. The Morgan fingerprint density at radius 2 is 2.04 bits per heavy atom. The molecule has 6 nitrogen and oxygen atoms in total. The van der Waals surface area contributed by atoms with Gasteiger partial charge >= 0.3 is 6.18 Å². The molecule has 0 aromatic carbocycles. The minimum atomic E-state index is -4.41. The monoisotopic (exact) mass is 338 g/mol. The number of ether oxygens (including phenoxy) is 1. The lowest BCUT2D eigenvalue weighted by Gasteiger charge is -2.15. The minimum absolute atomic E-state index is 0.124. The van der Waals surface area contributed by atoms with Crippen molar-refractivity contribution in [2.75, 3.05) is 12.3 Å². The molecule has 0 bridgehead atoms. The summed E-state index contributed by atoms with van der Waals surface area (Å²) in [5, 5.41) is 0. The van der Waals surface area contributed by atoms with Crippen molar-refractivity contribution in [2.24, 2.45) is 0 Å². The topological polar surface area (TPSA) is 81.3 Å². The van der Waals surface area contributed by atoms with E-state index in [9.17, 15) is 18.0 Å². The third kappa shape index (κ3) is 3.39. The number of alkyl halides is 3. The smallest absolute Gasteiger partial charge is 0.422 e. The lowest BCUT2D eigenvalue weighted by molar-refractivity contribution is -0.154. The van der Waals surface area contributed by atoms with Crippen molar-refractivity contribution in [1.29, 1.82) is 0 Å². The van der Waals surface area contributed by atoms with Gasteiger partial charge in [0.05, 0.1) is 6.54 Å². The number of nitrogen functional groups attached to an aromatic ring is 1. The molecule has 0 radical (unpaired) electrons. The second kappa shape index (κ2) is 5.99. The first-order valence-electron chi connectivity index (χ1n) is 7.00. The van der Waals surface area contributed by atoms with E-state index in [1.165, 1.54) is 18.5 Å². The number of carbonyl (C=O) groups excluding carboxylic acids is 1. The summed E-state index contributed by atoms with van der Waals surface area (Å²) in [5.74, 6) is 0.0226. The fraction of sp³-hybridized carbons (Fsp3) is 0.267. The van der Waals surface area contributed by atoms with Crippen LogP contribution in [0.1, 0.15) is 21.5 Å². The highest BCUT2D eigenvalue weighted by molar-refractivity contribution is 5.99. The van der Waals surface area contributed by atoms with Gasteiger partial charge in [0.15, 0.2) is 6.61 Å². The summed E-state index contributed by atoms with van der Waals surface area (Å²) < 4.78 is 40.8. The first kappa shape index (κ1) is 16.0. The molecule has 0 saturated heterocycles. The number of fused-ring (bicyclic) bond motifs is 1. The van der Waals surface area contributed by atoms with Crippen LogP contribution in [0.25, 0.3) is 0 Å². The molecule has 0 saturated carbocycles. The Morgan fingerprint density at radius 1 is 1.25 bits per heavy atom. The Hall–Kier alpha value is -2.84. The molecular formula is C15H13F3N4O2. The molecule has 0 aliphatic carbocycles. The van der Waals surface area contributed by atoms with E-state index in [0.29, 0.717) is 29.1 Å². The van der Waals surface area contributed by atoms with Gasteiger partial charge in [-0.1, -0.05) is 6.07 Å². The molecule has 1 amide bonds. The van der Waals surface area contributed by atoms with Crippen molar-refractivity contribution in [1.82, 2.24) is 14.9 Å². The number of pyridine rings is 2. The van der Waals surface area contributed by atoms with E-state index in [1.54, 1.807) is 17.0 Å². The molecule has 2 aromatic heterocycles. The molecule has 24 heavy (non-hydrogen) atoms. The molecule has 3 heterocycles. The molecule has 2 N–H and O–H groups in total. The van der Waals surface area contributed by atoms with Gasteiger partial charge in [0.1, 0.15) is 5.82 Å². The van der Waals surface area contributed by atoms with Crippen LogP contribution in [0.15, 0.2) is 30.6 Å². The van der Waals surface area contributed by atoms with Crippen LogP contribution in [0.5, 0.6) is 5.88 Å². The Labute approximate surface area is 135 Å². The molecule has 0 spiro atoms. The van der Waals surface area contributed by atoms with Gasteiger partial charge in [0.2, 0.25) is 5.88 Å². The lowest BCUT2D eigenvalue weighted by Crippen LogP contribution is -2.23. The Bertz CT molecular complexity index is 762. The number of rotatable bonds is 4. The number of nitrogens with two attached hydrogens (primary N) is 1. The fourth-order valence-electron chi connectivity index (χ4n) is 2.40. The highest BCUT2D eigenvalue weighted by atomic mass is 19.4. The molecule has 9 heteroatoms. The molecular weight excluding hydrogens is 325 g/mol. The Kier molecular flexibility index (Phi) is 4.00. The zero-order valence-electron chi connectivity index (χ0n) is 12.4. The van der Waals surface area contributed by atoms with Crippen molar-refractivity contribution in [2.45, 2.75) is 19.3 Å². The molecule has 1 aliphatic heterocycles. The number of nitrogens with zero attached hydrogens (tertiary/aromatic N) is 3. The van der Waals surface area contributed by atoms with Gasteiger partial charge in [-0.2, -0.15) is 13.2 Å². The van der Waals surface area contributed by atoms with E-state index in [-0.39, 0.29) is 18.3 Å². The Morgan fingerprint density at radius 3 is 2.67 bits per heavy atom. The largest absolute Gasteiger partial charge is 0.468 e. The molecule has 0 fully saturated rings. The van der Waals surface area contributed by atoms with E-state index < -0.39 is 12.8 Å². The van der Waals surface area contributed by atoms with E-state index in [0.717, 1.165) is 0 Å². The SMILES string of the molecule is Nc1nccc2c1CN(Cc1ccc(OCC(F)(F)F)nc1)C2=O. The van der Waals surface area contributed by atoms with Crippen LogP contribution in [0, 0.1) is 0 Å². The van der Waals surface area contributed by atoms with Crippen molar-refractivity contribution in [3.63, 3.8) is 0 Å². The van der Waals surface area contributed by atoms with Gasteiger partial charge in [-0.05, 0) is 11.6 Å². The Balaban J connectivity index is 1.65. The zero-order valence-corrected chi connectivity index (χ0v) is 12.4. The second-order valence-electron chi connectivity index (χ2n) is 5.29. The van der Waals surface area contributed by atoms with Crippen molar-refractivity contribution in [3.05, 3.63) is 47.3 Å². The van der Waals surface area contributed by atoms with Crippen LogP contribution >= 0.6 is 0 Å². The average Bonchev–Trinajstić information content (AvgIpc) is 2.84. The van der Waals surface area contributed by atoms with E-state index in [1.807, 2.05) is 0 Å². The molecule has 0 atom stereocenters. The van der Waals surface area contributed by atoms with Crippen LogP contribution in [0.3, 0.4) is 0 Å². The van der Waals surface area contributed by atoms with Gasteiger partial charge < -0.3 is 15.4 Å². The number of hydrogen-bond acceptors (Lipinski definition) is 5. The van der Waals surface area contributed by atoms with Gasteiger partial charge in [0, 0.05) is 36.1 Å². The third-order valence-corrected chi connectivity index (χ3v) is 3.51. The zero-order chi connectivity index (χ0) is 17.3. The van der Waals surface area contributed by atoms with E-state index in [4.69, 9.17) is 5.73 Å². The van der Waals surface area contributed by atoms with Crippen LogP contribution in [0.2, 0.25) is 0 Å². The summed E-state index contributed by atoms with van der Waals surface area (Å²) in [6.07, 6.45) is -1.56. The second-order valence-corrected chi connectivity index (χ2v) is 5.29. The van der Waals surface area contributed by atoms with Crippen LogP contribution in [0.4, 0.5) is 19.0 Å². The third-order valence-electron chi connectivity index (χ3n) is 3.51. The highest BCUT2D eigenvalue weighted by Gasteiger charge is 2.30. The highest BCUT2D eigenvalue weighted by Crippen LogP contribution is 2.27. The number of hydrogen-bond donors (Lipinski definition) is 1. The maximum absolute atomic E-state index is 12.3. The summed E-state index contributed by atoms with van der Waals surface area (Å²) in [6.45, 7) is -0.800. The van der Waals surface area contributed by atoms with Gasteiger partial charge in [0.25, 0.3) is 5.91 Å². The summed E-state index contributed by atoms with van der Waals surface area (Å²) in [7, 11) is 0. The van der Waals surface area contributed by atoms with Gasteiger partial charge in [-0.25, -0.2) is 9.97 Å². The van der Waals surface area contributed by atoms with Crippen molar-refractivity contribution >= 4 is 11.7 Å². The summed E-state index contributed by atoms with van der Waals surface area (Å²) in [6, 6.07) is 4.52. The predicted molar refractivity (Wildman–Crippen MR) is 78.0 cm³/mol. The maximum Gasteiger partial charge on any atom is 0.422 e. The first-order chi connectivity index (χ1) is 11.3. The molecule has 1 aliphatic rings. The fourth-order valence-corrected chi connectivity index (χ4v) is 2.40. The van der Waals surface area contributed by atoms with E-state index >= 15 is 0 Å². The van der Waals surface area contributed by atoms with E-state index in [2.05, 4.69) is 14.7 Å². The first-order valence-corrected chi connectivity index (χ1v) is 7.00. The summed E-state index contributed by atoms with van der Waals surface area (Å²) >= 11 is 0. The number of anilines is 1. The molecule has 0 unspecified atom stereocenters. The molecule has 2 aromatic rings. The molecule has 3 rings (SSSR count). The number of carbonyl (C=O) groups is 1. The summed E-state index contributed by atoms with van der Waals surface area (Å²) in [4.78, 5) is 21.6. The normalized spacial score (nSPS) is 14.0. The molecule has 126 valence electrons.